The zero-order valence-corrected chi connectivity index (χ0v) is 12.1. The Morgan fingerprint density at radius 1 is 0.955 bits per heavy atom. The number of nitrogens with two attached hydrogens (primary N) is 1. The summed E-state index contributed by atoms with van der Waals surface area (Å²) >= 11 is 0. The van der Waals surface area contributed by atoms with Crippen molar-refractivity contribution in [1.29, 1.82) is 0 Å². The van der Waals surface area contributed by atoms with Crippen LogP contribution in [-0.2, 0) is 10.2 Å². The Kier molecular flexibility index (Phi) is 3.57. The Balaban J connectivity index is 1.86. The summed E-state index contributed by atoms with van der Waals surface area (Å²) in [5.74, 6) is 0.616. The minimum atomic E-state index is -3.78. The van der Waals surface area contributed by atoms with E-state index in [0.29, 0.717) is 17.2 Å². The van der Waals surface area contributed by atoms with Gasteiger partial charge in [-0.1, -0.05) is 0 Å². The minimum absolute atomic E-state index is 0.377. The molecule has 0 saturated heterocycles. The van der Waals surface area contributed by atoms with Crippen molar-refractivity contribution >= 4 is 38.4 Å². The van der Waals surface area contributed by atoms with E-state index in [1.54, 1.807) is 36.5 Å². The van der Waals surface area contributed by atoms with Gasteiger partial charge in [0.1, 0.15) is 12.1 Å². The molecule has 112 valence electrons. The Morgan fingerprint density at radius 3 is 2.41 bits per heavy atom. The second kappa shape index (κ2) is 5.54. The molecule has 0 aliphatic carbocycles. The maximum Gasteiger partial charge on any atom is 0.296 e. The van der Waals surface area contributed by atoms with E-state index < -0.39 is 10.2 Å². The van der Waals surface area contributed by atoms with Gasteiger partial charge in [-0.3, -0.25) is 4.72 Å². The zero-order chi connectivity index (χ0) is 15.6. The molecule has 0 aliphatic heterocycles. The molecule has 2 aromatic heterocycles. The van der Waals surface area contributed by atoms with Gasteiger partial charge in [0.25, 0.3) is 10.2 Å². The van der Waals surface area contributed by atoms with Crippen LogP contribution in [0.4, 0.5) is 17.2 Å². The highest BCUT2D eigenvalue weighted by Crippen LogP contribution is 2.22. The molecule has 0 atom stereocenters. The van der Waals surface area contributed by atoms with Crippen molar-refractivity contribution in [3.8, 4) is 0 Å². The molecule has 0 fully saturated rings. The molecule has 0 amide bonds. The molecule has 0 unspecified atom stereocenters. The maximum atomic E-state index is 11.0. The molecular formula is C13H12N6O2S. The van der Waals surface area contributed by atoms with Crippen LogP contribution in [0.25, 0.3) is 11.0 Å². The number of rotatable bonds is 4. The average molecular weight is 316 g/mol. The van der Waals surface area contributed by atoms with Gasteiger partial charge in [-0.2, -0.15) is 8.42 Å². The molecule has 0 radical (unpaired) electrons. The number of hydrogen-bond donors (Lipinski definition) is 3. The van der Waals surface area contributed by atoms with Gasteiger partial charge in [0.2, 0.25) is 0 Å². The Morgan fingerprint density at radius 2 is 1.68 bits per heavy atom. The normalized spacial score (nSPS) is 11.3. The van der Waals surface area contributed by atoms with Crippen LogP contribution in [0.1, 0.15) is 0 Å². The van der Waals surface area contributed by atoms with E-state index in [-0.39, 0.29) is 0 Å². The summed E-state index contributed by atoms with van der Waals surface area (Å²) in [6.45, 7) is 0. The lowest BCUT2D eigenvalue weighted by atomic mass is 10.2. The van der Waals surface area contributed by atoms with E-state index in [1.807, 2.05) is 6.07 Å². The van der Waals surface area contributed by atoms with Crippen molar-refractivity contribution in [2.75, 3.05) is 10.0 Å². The monoisotopic (exact) mass is 316 g/mol. The SMILES string of the molecule is NS(=O)(=O)Nc1ccc(Nc2ncnc3ncccc23)cc1. The first-order valence-corrected chi connectivity index (χ1v) is 7.79. The third-order valence-electron chi connectivity index (χ3n) is 2.82. The summed E-state index contributed by atoms with van der Waals surface area (Å²) in [7, 11) is -3.78. The maximum absolute atomic E-state index is 11.0. The number of aromatic nitrogens is 3. The molecule has 9 heteroatoms. The molecule has 0 bridgehead atoms. The highest BCUT2D eigenvalue weighted by molar-refractivity contribution is 7.90. The Hall–Kier alpha value is -2.78. The average Bonchev–Trinajstić information content (AvgIpc) is 2.48. The number of benzene rings is 1. The predicted octanol–water partition coefficient (Wildman–Crippen LogP) is 1.38. The summed E-state index contributed by atoms with van der Waals surface area (Å²) in [6, 6.07) is 10.3. The van der Waals surface area contributed by atoms with E-state index >= 15 is 0 Å². The minimum Gasteiger partial charge on any atom is -0.340 e. The van der Waals surface area contributed by atoms with Crippen molar-refractivity contribution in [3.63, 3.8) is 0 Å². The van der Waals surface area contributed by atoms with Crippen LogP contribution in [0, 0.1) is 0 Å². The van der Waals surface area contributed by atoms with Crippen LogP contribution in [0.3, 0.4) is 0 Å². The van der Waals surface area contributed by atoms with E-state index in [2.05, 4.69) is 25.0 Å². The quantitative estimate of drug-likeness (QED) is 0.668. The molecule has 2 heterocycles. The number of nitrogens with zero attached hydrogens (tertiary/aromatic N) is 3. The summed E-state index contributed by atoms with van der Waals surface area (Å²) in [5.41, 5.74) is 1.71. The molecule has 0 aliphatic rings. The Bertz CT molecular complexity index is 906. The topological polar surface area (TPSA) is 123 Å². The fourth-order valence-corrected chi connectivity index (χ4v) is 2.38. The van der Waals surface area contributed by atoms with E-state index in [1.165, 1.54) is 6.33 Å². The van der Waals surface area contributed by atoms with Gasteiger partial charge >= 0.3 is 0 Å². The van der Waals surface area contributed by atoms with Gasteiger partial charge in [-0.15, -0.1) is 0 Å². The molecule has 4 N–H and O–H groups in total. The number of fused-ring (bicyclic) bond motifs is 1. The summed E-state index contributed by atoms with van der Waals surface area (Å²) in [4.78, 5) is 12.4. The van der Waals surface area contributed by atoms with Gasteiger partial charge in [-0.25, -0.2) is 20.1 Å². The summed E-state index contributed by atoms with van der Waals surface area (Å²) in [6.07, 6.45) is 3.08. The largest absolute Gasteiger partial charge is 0.340 e. The second-order valence-electron chi connectivity index (χ2n) is 4.45. The van der Waals surface area contributed by atoms with Gasteiger partial charge in [-0.05, 0) is 36.4 Å². The fraction of sp³-hybridized carbons (Fsp3) is 0. The smallest absolute Gasteiger partial charge is 0.296 e. The lowest BCUT2D eigenvalue weighted by molar-refractivity contribution is 0.603. The standard InChI is InChI=1S/C13H12N6O2S/c14-22(20,21)19-10-5-3-9(4-6-10)18-13-11-2-1-7-15-12(11)16-8-17-13/h1-8,19H,(H2,14,20,21)(H,15,16,17,18). The molecule has 8 nitrogen and oxygen atoms in total. The number of nitrogens with one attached hydrogen (secondary N) is 2. The van der Waals surface area contributed by atoms with Crippen molar-refractivity contribution in [2.24, 2.45) is 5.14 Å². The molecule has 0 spiro atoms. The second-order valence-corrected chi connectivity index (χ2v) is 5.74. The highest BCUT2D eigenvalue weighted by atomic mass is 32.2. The Labute approximate surface area is 126 Å². The molecule has 0 saturated carbocycles. The van der Waals surface area contributed by atoms with Crippen LogP contribution >= 0.6 is 0 Å². The number of pyridine rings is 1. The van der Waals surface area contributed by atoms with Crippen LogP contribution in [0.5, 0.6) is 0 Å². The van der Waals surface area contributed by atoms with Crippen molar-refractivity contribution in [2.45, 2.75) is 0 Å². The van der Waals surface area contributed by atoms with Crippen molar-refractivity contribution < 1.29 is 8.42 Å². The van der Waals surface area contributed by atoms with Gasteiger partial charge in [0.15, 0.2) is 5.65 Å². The highest BCUT2D eigenvalue weighted by Gasteiger charge is 2.05. The van der Waals surface area contributed by atoms with E-state index in [9.17, 15) is 8.42 Å². The molecule has 3 rings (SSSR count). The lowest BCUT2D eigenvalue weighted by Crippen LogP contribution is -2.21. The van der Waals surface area contributed by atoms with Crippen LogP contribution < -0.4 is 15.2 Å². The first-order valence-electron chi connectivity index (χ1n) is 6.25. The van der Waals surface area contributed by atoms with Gasteiger partial charge in [0, 0.05) is 17.6 Å². The van der Waals surface area contributed by atoms with Crippen LogP contribution in [0.2, 0.25) is 0 Å². The first kappa shape index (κ1) is 14.2. The molecule has 1 aromatic carbocycles. The van der Waals surface area contributed by atoms with E-state index in [0.717, 1.165) is 11.1 Å². The van der Waals surface area contributed by atoms with Crippen molar-refractivity contribution in [3.05, 3.63) is 48.9 Å². The van der Waals surface area contributed by atoms with Crippen LogP contribution in [-0.4, -0.2) is 23.4 Å². The lowest BCUT2D eigenvalue weighted by Gasteiger charge is -2.09. The fourth-order valence-electron chi connectivity index (χ4n) is 1.92. The summed E-state index contributed by atoms with van der Waals surface area (Å²) in [5, 5.41) is 8.84. The third kappa shape index (κ3) is 3.27. The zero-order valence-electron chi connectivity index (χ0n) is 11.3. The molecule has 3 aromatic rings. The van der Waals surface area contributed by atoms with Crippen molar-refractivity contribution in [1.82, 2.24) is 15.0 Å². The molecule has 22 heavy (non-hydrogen) atoms. The molecular weight excluding hydrogens is 304 g/mol. The number of hydrogen-bond acceptors (Lipinski definition) is 6. The van der Waals surface area contributed by atoms with Gasteiger partial charge in [0.05, 0.1) is 5.39 Å². The first-order chi connectivity index (χ1) is 10.5. The van der Waals surface area contributed by atoms with Gasteiger partial charge < -0.3 is 5.32 Å². The third-order valence-corrected chi connectivity index (χ3v) is 3.34. The van der Waals surface area contributed by atoms with Crippen LogP contribution in [0.15, 0.2) is 48.9 Å². The van der Waals surface area contributed by atoms with E-state index in [4.69, 9.17) is 5.14 Å². The predicted molar refractivity (Wildman–Crippen MR) is 83.8 cm³/mol. The summed E-state index contributed by atoms with van der Waals surface area (Å²) < 4.78 is 24.1. The number of anilines is 3.